The number of benzene rings is 5. The highest BCUT2D eigenvalue weighted by molar-refractivity contribution is 7.85. The summed E-state index contributed by atoms with van der Waals surface area (Å²) < 4.78 is 14.8. The minimum atomic E-state index is -3.03. The third-order valence-corrected chi connectivity index (χ3v) is 10.3. The zero-order valence-corrected chi connectivity index (χ0v) is 21.4. The van der Waals surface area contributed by atoms with Crippen molar-refractivity contribution >= 4 is 55.6 Å². The Labute approximate surface area is 220 Å². The molecule has 5 aromatic carbocycles. The number of fused-ring (bicyclic) bond motifs is 5. The summed E-state index contributed by atoms with van der Waals surface area (Å²) in [5.41, 5.74) is 4.07. The van der Waals surface area contributed by atoms with Crippen molar-refractivity contribution in [3.8, 4) is 11.1 Å². The molecule has 2 heterocycles. The van der Waals surface area contributed by atoms with Gasteiger partial charge in [0.15, 0.2) is 7.14 Å². The topological polar surface area (TPSA) is 42.9 Å². The van der Waals surface area contributed by atoms with Crippen LogP contribution in [0.25, 0.3) is 43.7 Å². The van der Waals surface area contributed by atoms with E-state index in [1.54, 1.807) is 0 Å². The van der Waals surface area contributed by atoms with Crippen LogP contribution in [0.5, 0.6) is 0 Å². The molecule has 0 unspecified atom stereocenters. The van der Waals surface area contributed by atoms with E-state index in [4.69, 9.17) is 9.97 Å². The lowest BCUT2D eigenvalue weighted by atomic mass is 9.94. The lowest BCUT2D eigenvalue weighted by molar-refractivity contribution is 0.592. The molecule has 0 amide bonds. The van der Waals surface area contributed by atoms with Crippen molar-refractivity contribution in [3.63, 3.8) is 0 Å². The second-order valence-corrected chi connectivity index (χ2v) is 12.2. The number of rotatable bonds is 4. The third-order valence-electron chi connectivity index (χ3n) is 7.22. The van der Waals surface area contributed by atoms with Crippen LogP contribution in [0.3, 0.4) is 0 Å². The van der Waals surface area contributed by atoms with Crippen molar-refractivity contribution in [1.82, 2.24) is 9.97 Å². The van der Waals surface area contributed by atoms with E-state index in [9.17, 15) is 4.57 Å². The largest absolute Gasteiger partial charge is 0.309 e. The summed E-state index contributed by atoms with van der Waals surface area (Å²) in [7, 11) is -3.03. The van der Waals surface area contributed by atoms with Crippen LogP contribution in [0.2, 0.25) is 0 Å². The molecule has 7 aromatic rings. The number of nitrogens with zero attached hydrogens (tertiary/aromatic N) is 2. The maximum atomic E-state index is 14.8. The average molecular weight is 507 g/mol. The summed E-state index contributed by atoms with van der Waals surface area (Å²) in [6.07, 6.45) is 3.67. The number of aromatic nitrogens is 2. The molecule has 38 heavy (non-hydrogen) atoms. The molecular formula is C34H23N2OP. The predicted molar refractivity (Wildman–Crippen MR) is 159 cm³/mol. The molecule has 0 N–H and O–H groups in total. The summed E-state index contributed by atoms with van der Waals surface area (Å²) in [5, 5.41) is 6.79. The van der Waals surface area contributed by atoms with Gasteiger partial charge in [-0.05, 0) is 34.7 Å². The van der Waals surface area contributed by atoms with E-state index in [0.29, 0.717) is 0 Å². The van der Waals surface area contributed by atoms with Gasteiger partial charge in [0.05, 0.1) is 11.0 Å². The van der Waals surface area contributed by atoms with Crippen LogP contribution in [-0.2, 0) is 4.57 Å². The second kappa shape index (κ2) is 9.06. The minimum absolute atomic E-state index is 0.817. The summed E-state index contributed by atoms with van der Waals surface area (Å²) in [5.74, 6) is 0. The molecule has 0 aliphatic rings. The highest BCUT2D eigenvalue weighted by Crippen LogP contribution is 2.43. The zero-order valence-electron chi connectivity index (χ0n) is 20.5. The van der Waals surface area contributed by atoms with Gasteiger partial charge in [0.2, 0.25) is 0 Å². The molecular weight excluding hydrogens is 483 g/mol. The molecule has 4 heteroatoms. The summed E-state index contributed by atoms with van der Waals surface area (Å²) in [4.78, 5) is 9.46. The molecule has 0 aliphatic carbocycles. The van der Waals surface area contributed by atoms with Gasteiger partial charge in [0.25, 0.3) is 0 Å². The van der Waals surface area contributed by atoms with Gasteiger partial charge >= 0.3 is 0 Å². The van der Waals surface area contributed by atoms with Crippen molar-refractivity contribution in [1.29, 1.82) is 0 Å². The minimum Gasteiger partial charge on any atom is -0.309 e. The number of pyridine rings is 2. The molecule has 0 bridgehead atoms. The molecule has 0 atom stereocenters. The van der Waals surface area contributed by atoms with E-state index in [1.165, 1.54) is 0 Å². The SMILES string of the molecule is O=P(c1ccccc1)(c1ccccc1)c1ccc(-c2cc3cccnc3c3c2ccc2cccnc23)cc1. The fraction of sp³-hybridized carbons (Fsp3) is 0. The van der Waals surface area contributed by atoms with Crippen LogP contribution in [-0.4, -0.2) is 9.97 Å². The molecule has 2 aromatic heterocycles. The lowest BCUT2D eigenvalue weighted by Gasteiger charge is -2.20. The molecule has 0 fully saturated rings. The third kappa shape index (κ3) is 3.55. The Morgan fingerprint density at radius 3 is 1.68 bits per heavy atom. The molecule has 0 aliphatic heterocycles. The van der Waals surface area contributed by atoms with Crippen LogP contribution in [0, 0.1) is 0 Å². The first-order valence-corrected chi connectivity index (χ1v) is 14.3. The summed E-state index contributed by atoms with van der Waals surface area (Å²) >= 11 is 0. The monoisotopic (exact) mass is 506 g/mol. The van der Waals surface area contributed by atoms with E-state index in [-0.39, 0.29) is 0 Å². The standard InChI is InChI=1S/C34H23N2OP/c37-38(27-11-3-1-4-12-27,28-13-5-2-6-14-28)29-18-15-24(16-19-29)31-23-26-10-8-22-36-34(26)32-30(31)20-17-25-9-7-21-35-33(25)32/h1-23H. The molecule has 0 saturated heterocycles. The summed E-state index contributed by atoms with van der Waals surface area (Å²) in [6.45, 7) is 0. The maximum Gasteiger partial charge on any atom is 0.171 e. The van der Waals surface area contributed by atoms with E-state index in [2.05, 4.69) is 42.5 Å². The van der Waals surface area contributed by atoms with Gasteiger partial charge in [-0.1, -0.05) is 109 Å². The van der Waals surface area contributed by atoms with Crippen molar-refractivity contribution < 1.29 is 4.57 Å². The first-order valence-electron chi connectivity index (χ1n) is 12.6. The maximum absolute atomic E-state index is 14.8. The Bertz CT molecular complexity index is 1930. The van der Waals surface area contributed by atoms with Crippen LogP contribution >= 0.6 is 7.14 Å². The van der Waals surface area contributed by atoms with Gasteiger partial charge in [-0.15, -0.1) is 0 Å². The Morgan fingerprint density at radius 1 is 0.500 bits per heavy atom. The van der Waals surface area contributed by atoms with Gasteiger partial charge in [-0.3, -0.25) is 9.97 Å². The number of hydrogen-bond acceptors (Lipinski definition) is 3. The molecule has 180 valence electrons. The Kier molecular flexibility index (Phi) is 5.39. The Hall–Kier alpha value is -4.59. The number of hydrogen-bond donors (Lipinski definition) is 0. The van der Waals surface area contributed by atoms with Crippen LogP contribution < -0.4 is 15.9 Å². The highest BCUT2D eigenvalue weighted by atomic mass is 31.2. The first kappa shape index (κ1) is 22.6. The van der Waals surface area contributed by atoms with E-state index < -0.39 is 7.14 Å². The van der Waals surface area contributed by atoms with Gasteiger partial charge < -0.3 is 4.57 Å². The molecule has 0 radical (unpaired) electrons. The molecule has 7 rings (SSSR count). The molecule has 3 nitrogen and oxygen atoms in total. The van der Waals surface area contributed by atoms with Crippen LogP contribution in [0.1, 0.15) is 0 Å². The molecule has 0 saturated carbocycles. The van der Waals surface area contributed by atoms with Gasteiger partial charge in [-0.25, -0.2) is 0 Å². The highest BCUT2D eigenvalue weighted by Gasteiger charge is 2.29. The predicted octanol–water partition coefficient (Wildman–Crippen LogP) is 7.24. The first-order chi connectivity index (χ1) is 18.7. The Balaban J connectivity index is 1.45. The normalized spacial score (nSPS) is 11.8. The van der Waals surface area contributed by atoms with Gasteiger partial charge in [0, 0.05) is 44.5 Å². The quantitative estimate of drug-likeness (QED) is 0.187. The fourth-order valence-corrected chi connectivity index (χ4v) is 8.05. The van der Waals surface area contributed by atoms with Gasteiger partial charge in [0.1, 0.15) is 0 Å². The van der Waals surface area contributed by atoms with E-state index >= 15 is 0 Å². The van der Waals surface area contributed by atoms with Gasteiger partial charge in [-0.2, -0.15) is 0 Å². The van der Waals surface area contributed by atoms with Crippen molar-refractivity contribution in [3.05, 3.63) is 140 Å². The van der Waals surface area contributed by atoms with Crippen LogP contribution in [0.15, 0.2) is 140 Å². The van der Waals surface area contributed by atoms with Crippen molar-refractivity contribution in [2.24, 2.45) is 0 Å². The van der Waals surface area contributed by atoms with E-state index in [0.717, 1.165) is 59.6 Å². The summed E-state index contributed by atoms with van der Waals surface area (Å²) in [6, 6.07) is 42.4. The fourth-order valence-electron chi connectivity index (χ4n) is 5.40. The zero-order chi connectivity index (χ0) is 25.5. The average Bonchev–Trinajstić information content (AvgIpc) is 3.01. The Morgan fingerprint density at radius 2 is 1.05 bits per heavy atom. The van der Waals surface area contributed by atoms with E-state index in [1.807, 2.05) is 97.3 Å². The molecule has 0 spiro atoms. The second-order valence-electron chi connectivity index (χ2n) is 9.39. The lowest BCUT2D eigenvalue weighted by Crippen LogP contribution is -2.24. The van der Waals surface area contributed by atoms with Crippen LogP contribution in [0.4, 0.5) is 0 Å². The van der Waals surface area contributed by atoms with Crippen molar-refractivity contribution in [2.45, 2.75) is 0 Å². The van der Waals surface area contributed by atoms with Crippen molar-refractivity contribution in [2.75, 3.05) is 0 Å². The smallest absolute Gasteiger partial charge is 0.171 e.